The van der Waals surface area contributed by atoms with Crippen molar-refractivity contribution in [3.8, 4) is 0 Å². The average Bonchev–Trinajstić information content (AvgIpc) is 2.35. The molecule has 1 aromatic rings. The van der Waals surface area contributed by atoms with Crippen LogP contribution in [0.25, 0.3) is 0 Å². The molecule has 0 unspecified atom stereocenters. The van der Waals surface area contributed by atoms with E-state index in [1.807, 2.05) is 0 Å². The molecule has 0 aromatic carbocycles. The van der Waals surface area contributed by atoms with Crippen LogP contribution < -0.4 is 0 Å². The fraction of sp³-hybridized carbons (Fsp3) is 0.400. The van der Waals surface area contributed by atoms with E-state index in [1.165, 1.54) is 0 Å². The Kier molecular flexibility index (Phi) is 1.10. The summed E-state index contributed by atoms with van der Waals surface area (Å²) >= 11 is 3.23. The first-order valence-electron chi connectivity index (χ1n) is 2.58. The molecule has 4 heteroatoms. The summed E-state index contributed by atoms with van der Waals surface area (Å²) in [6.07, 6.45) is 0. The molecule has 0 saturated carbocycles. The maximum Gasteiger partial charge on any atom is 0.169 e. The predicted molar refractivity (Wildman–Crippen MR) is 32.7 cm³/mol. The molecule has 48 valence electrons. The van der Waals surface area contributed by atoms with Crippen LogP contribution >= 0.6 is 15.9 Å². The minimum atomic E-state index is 0.563. The number of hydrogen-bond acceptors (Lipinski definition) is 3. The van der Waals surface area contributed by atoms with Crippen molar-refractivity contribution in [1.82, 2.24) is 5.16 Å². The summed E-state index contributed by atoms with van der Waals surface area (Å²) in [5.74, 6) is 0.849. The lowest BCUT2D eigenvalue weighted by Gasteiger charge is -1.83. The maximum absolute atomic E-state index is 5.07. The van der Waals surface area contributed by atoms with Crippen LogP contribution in [0, 0.1) is 0 Å². The van der Waals surface area contributed by atoms with Crippen molar-refractivity contribution in [3.05, 3.63) is 15.9 Å². The van der Waals surface area contributed by atoms with Gasteiger partial charge in [-0.15, -0.1) is 0 Å². The van der Waals surface area contributed by atoms with Crippen LogP contribution in [0.4, 0.5) is 0 Å². The zero-order valence-corrected chi connectivity index (χ0v) is 6.14. The highest BCUT2D eigenvalue weighted by Gasteiger charge is 2.19. The molecule has 0 spiro atoms. The molecule has 0 saturated heterocycles. The molecule has 0 amide bonds. The van der Waals surface area contributed by atoms with E-state index in [9.17, 15) is 0 Å². The molecule has 0 N–H and O–H groups in total. The highest BCUT2D eigenvalue weighted by Crippen LogP contribution is 2.26. The van der Waals surface area contributed by atoms with E-state index in [0.717, 1.165) is 15.9 Å². The van der Waals surface area contributed by atoms with Gasteiger partial charge in [-0.2, -0.15) is 0 Å². The number of aromatic nitrogens is 1. The zero-order chi connectivity index (χ0) is 6.27. The minimum absolute atomic E-state index is 0.563. The molecule has 0 radical (unpaired) electrons. The third kappa shape index (κ3) is 0.702. The lowest BCUT2D eigenvalue weighted by atomic mass is 10.3. The third-order valence-corrected chi connectivity index (χ3v) is 1.92. The van der Waals surface area contributed by atoms with E-state index in [1.54, 1.807) is 0 Å². The fourth-order valence-corrected chi connectivity index (χ4v) is 1.23. The van der Waals surface area contributed by atoms with Gasteiger partial charge >= 0.3 is 0 Å². The van der Waals surface area contributed by atoms with Crippen molar-refractivity contribution in [2.24, 2.45) is 0 Å². The number of hydrogen-bond donors (Lipinski definition) is 0. The van der Waals surface area contributed by atoms with E-state index in [0.29, 0.717) is 13.2 Å². The Labute approximate surface area is 60.1 Å². The Morgan fingerprint density at radius 3 is 3.11 bits per heavy atom. The molecular weight excluding hydrogens is 186 g/mol. The molecule has 2 rings (SSSR count). The molecule has 0 atom stereocenters. The number of fused-ring (bicyclic) bond motifs is 1. The Morgan fingerprint density at radius 2 is 2.33 bits per heavy atom. The number of nitrogens with zero attached hydrogens (tertiary/aromatic N) is 1. The van der Waals surface area contributed by atoms with Gasteiger partial charge in [0, 0.05) is 0 Å². The molecule has 0 fully saturated rings. The van der Waals surface area contributed by atoms with Gasteiger partial charge in [-0.1, -0.05) is 5.16 Å². The first-order chi connectivity index (χ1) is 4.38. The van der Waals surface area contributed by atoms with Crippen LogP contribution in [0.15, 0.2) is 9.13 Å². The minimum Gasteiger partial charge on any atom is -0.368 e. The first kappa shape index (κ1) is 5.44. The van der Waals surface area contributed by atoms with Gasteiger partial charge in [-0.25, -0.2) is 0 Å². The second-order valence-electron chi connectivity index (χ2n) is 1.87. The van der Waals surface area contributed by atoms with Gasteiger partial charge in [0.1, 0.15) is 6.61 Å². The van der Waals surface area contributed by atoms with Crippen molar-refractivity contribution < 1.29 is 9.26 Å². The van der Waals surface area contributed by atoms with Crippen molar-refractivity contribution in [1.29, 1.82) is 0 Å². The quantitative estimate of drug-likeness (QED) is 0.621. The lowest BCUT2D eigenvalue weighted by Crippen LogP contribution is -1.77. The van der Waals surface area contributed by atoms with E-state index in [2.05, 4.69) is 21.1 Å². The van der Waals surface area contributed by atoms with Crippen LogP contribution in [0.5, 0.6) is 0 Å². The van der Waals surface area contributed by atoms with Gasteiger partial charge < -0.3 is 9.26 Å². The van der Waals surface area contributed by atoms with Crippen molar-refractivity contribution in [2.45, 2.75) is 13.2 Å². The first-order valence-corrected chi connectivity index (χ1v) is 3.38. The highest BCUT2D eigenvalue weighted by atomic mass is 79.9. The average molecular weight is 190 g/mol. The smallest absolute Gasteiger partial charge is 0.169 e. The van der Waals surface area contributed by atoms with E-state index in [4.69, 9.17) is 9.26 Å². The van der Waals surface area contributed by atoms with Crippen LogP contribution in [0.2, 0.25) is 0 Å². The summed E-state index contributed by atoms with van der Waals surface area (Å²) in [4.78, 5) is 0. The van der Waals surface area contributed by atoms with Crippen LogP contribution in [-0.4, -0.2) is 5.16 Å². The van der Waals surface area contributed by atoms with E-state index in [-0.39, 0.29) is 0 Å². The Balaban J connectivity index is 2.56. The summed E-state index contributed by atoms with van der Waals surface area (Å²) < 4.78 is 10.7. The second-order valence-corrected chi connectivity index (χ2v) is 2.62. The summed E-state index contributed by atoms with van der Waals surface area (Å²) in [6.45, 7) is 1.19. The van der Waals surface area contributed by atoms with Gasteiger partial charge in [-0.05, 0) is 15.9 Å². The molecule has 1 aromatic heterocycles. The van der Waals surface area contributed by atoms with Gasteiger partial charge in [0.15, 0.2) is 10.4 Å². The lowest BCUT2D eigenvalue weighted by molar-refractivity contribution is 0.117. The summed E-state index contributed by atoms with van der Waals surface area (Å²) in [6, 6.07) is 0. The monoisotopic (exact) mass is 189 g/mol. The predicted octanol–water partition coefficient (Wildman–Crippen LogP) is 1.47. The molecule has 1 aliphatic heterocycles. The fourth-order valence-electron chi connectivity index (χ4n) is 0.820. The standard InChI is InChI=1S/C5H4BrNO2/c6-5-3-1-8-2-4(3)9-7-5/h1-2H2. The summed E-state index contributed by atoms with van der Waals surface area (Å²) in [5.41, 5.74) is 1.05. The molecular formula is C5H4BrNO2. The SMILES string of the molecule is Brc1noc2c1COC2. The topological polar surface area (TPSA) is 35.3 Å². The highest BCUT2D eigenvalue weighted by molar-refractivity contribution is 9.10. The van der Waals surface area contributed by atoms with Crippen LogP contribution in [0.3, 0.4) is 0 Å². The van der Waals surface area contributed by atoms with Crippen LogP contribution in [0.1, 0.15) is 11.3 Å². The van der Waals surface area contributed by atoms with Crippen molar-refractivity contribution in [3.63, 3.8) is 0 Å². The zero-order valence-electron chi connectivity index (χ0n) is 4.56. The Morgan fingerprint density at radius 1 is 1.44 bits per heavy atom. The van der Waals surface area contributed by atoms with Crippen molar-refractivity contribution in [2.75, 3.05) is 0 Å². The molecule has 9 heavy (non-hydrogen) atoms. The molecule has 1 aliphatic rings. The van der Waals surface area contributed by atoms with Crippen molar-refractivity contribution >= 4 is 15.9 Å². The van der Waals surface area contributed by atoms with E-state index >= 15 is 0 Å². The summed E-state index contributed by atoms with van der Waals surface area (Å²) in [5, 5.41) is 3.70. The largest absolute Gasteiger partial charge is 0.368 e. The number of ether oxygens (including phenoxy) is 1. The number of rotatable bonds is 0. The molecule has 3 nitrogen and oxygen atoms in total. The van der Waals surface area contributed by atoms with Gasteiger partial charge in [-0.3, -0.25) is 0 Å². The molecule has 0 bridgehead atoms. The molecule has 2 heterocycles. The normalized spacial score (nSPS) is 16.1. The second kappa shape index (κ2) is 1.82. The summed E-state index contributed by atoms with van der Waals surface area (Å²) in [7, 11) is 0. The van der Waals surface area contributed by atoms with Gasteiger partial charge in [0.25, 0.3) is 0 Å². The Hall–Kier alpha value is -0.350. The number of halogens is 1. The maximum atomic E-state index is 5.07. The van der Waals surface area contributed by atoms with E-state index < -0.39 is 0 Å². The van der Waals surface area contributed by atoms with Crippen LogP contribution in [-0.2, 0) is 18.0 Å². The third-order valence-electron chi connectivity index (χ3n) is 1.30. The molecule has 0 aliphatic carbocycles. The van der Waals surface area contributed by atoms with Gasteiger partial charge in [0.05, 0.1) is 12.2 Å². The Bertz CT molecular complexity index is 233. The van der Waals surface area contributed by atoms with Gasteiger partial charge in [0.2, 0.25) is 0 Å².